The second-order valence-electron chi connectivity index (χ2n) is 6.49. The molecule has 0 aliphatic heterocycles. The van der Waals surface area contributed by atoms with Crippen molar-refractivity contribution in [3.8, 4) is 0 Å². The maximum absolute atomic E-state index is 3.76. The van der Waals surface area contributed by atoms with E-state index in [1.54, 1.807) is 0 Å². The number of hydrogen-bond acceptors (Lipinski definition) is 2. The highest BCUT2D eigenvalue weighted by atomic mass is 15.2. The fraction of sp³-hybridized carbons (Fsp3) is 0.667. The third-order valence-corrected chi connectivity index (χ3v) is 4.37. The third-order valence-electron chi connectivity index (χ3n) is 4.37. The Labute approximate surface area is 124 Å². The molecule has 1 fully saturated rings. The molecule has 20 heavy (non-hydrogen) atoms. The molecule has 1 saturated carbocycles. The van der Waals surface area contributed by atoms with Gasteiger partial charge >= 0.3 is 0 Å². The predicted octanol–water partition coefficient (Wildman–Crippen LogP) is 3.75. The lowest BCUT2D eigenvalue weighted by molar-refractivity contribution is 0.281. The van der Waals surface area contributed by atoms with Gasteiger partial charge in [0.1, 0.15) is 0 Å². The lowest BCUT2D eigenvalue weighted by Crippen LogP contribution is -2.35. The molecule has 0 bridgehead atoms. The van der Waals surface area contributed by atoms with E-state index in [4.69, 9.17) is 0 Å². The van der Waals surface area contributed by atoms with Crippen LogP contribution in [-0.2, 0) is 0 Å². The first kappa shape index (κ1) is 15.5. The van der Waals surface area contributed by atoms with E-state index in [-0.39, 0.29) is 0 Å². The summed E-state index contributed by atoms with van der Waals surface area (Å²) >= 11 is 0. The molecule has 0 aromatic heterocycles. The molecule has 1 atom stereocenters. The minimum absolute atomic E-state index is 0.459. The lowest BCUT2D eigenvalue weighted by atomic mass is 9.93. The van der Waals surface area contributed by atoms with Gasteiger partial charge in [0.2, 0.25) is 0 Å². The van der Waals surface area contributed by atoms with Crippen LogP contribution in [0.15, 0.2) is 12.1 Å². The quantitative estimate of drug-likeness (QED) is 0.814. The molecule has 1 aromatic rings. The Morgan fingerprint density at radius 3 is 2.30 bits per heavy atom. The maximum atomic E-state index is 3.76. The number of hydrogen-bond donors (Lipinski definition) is 1. The average Bonchev–Trinajstić information content (AvgIpc) is 3.18. The smallest absolute Gasteiger partial charge is 0.0454 e. The topological polar surface area (TPSA) is 15.3 Å². The SMILES string of the molecule is CCCNC(CN(C)C1CC1)c1c(C)cc(C)cc1C. The van der Waals surface area contributed by atoms with Crippen LogP contribution >= 0.6 is 0 Å². The third kappa shape index (κ3) is 3.83. The zero-order chi connectivity index (χ0) is 14.7. The molecular weight excluding hydrogens is 244 g/mol. The second kappa shape index (κ2) is 6.73. The van der Waals surface area contributed by atoms with E-state index in [0.29, 0.717) is 6.04 Å². The van der Waals surface area contributed by atoms with Crippen molar-refractivity contribution in [2.24, 2.45) is 0 Å². The van der Waals surface area contributed by atoms with Gasteiger partial charge in [-0.1, -0.05) is 24.6 Å². The molecule has 1 N–H and O–H groups in total. The number of nitrogens with one attached hydrogen (secondary N) is 1. The van der Waals surface area contributed by atoms with Gasteiger partial charge in [0, 0.05) is 18.6 Å². The van der Waals surface area contributed by atoms with Gasteiger partial charge in [-0.25, -0.2) is 0 Å². The number of nitrogens with zero attached hydrogens (tertiary/aromatic N) is 1. The molecule has 112 valence electrons. The Kier molecular flexibility index (Phi) is 5.22. The standard InChI is InChI=1S/C18H30N2/c1-6-9-19-17(12-20(5)16-7-8-16)18-14(3)10-13(2)11-15(18)4/h10-11,16-17,19H,6-9,12H2,1-5H3. The van der Waals surface area contributed by atoms with Gasteiger partial charge in [-0.2, -0.15) is 0 Å². The number of likely N-dealkylation sites (N-methyl/N-ethyl adjacent to an activating group) is 1. The zero-order valence-electron chi connectivity index (χ0n) is 13.8. The minimum atomic E-state index is 0.459. The molecular formula is C18H30N2. The van der Waals surface area contributed by atoms with Gasteiger partial charge in [0.05, 0.1) is 0 Å². The second-order valence-corrected chi connectivity index (χ2v) is 6.49. The van der Waals surface area contributed by atoms with Crippen molar-refractivity contribution in [1.29, 1.82) is 0 Å². The van der Waals surface area contributed by atoms with E-state index in [1.165, 1.54) is 41.5 Å². The summed E-state index contributed by atoms with van der Waals surface area (Å²) < 4.78 is 0. The van der Waals surface area contributed by atoms with Crippen LogP contribution in [0.5, 0.6) is 0 Å². The van der Waals surface area contributed by atoms with Crippen LogP contribution in [0.3, 0.4) is 0 Å². The van der Waals surface area contributed by atoms with Crippen molar-refractivity contribution >= 4 is 0 Å². The molecule has 0 amide bonds. The van der Waals surface area contributed by atoms with Crippen molar-refractivity contribution < 1.29 is 0 Å². The summed E-state index contributed by atoms with van der Waals surface area (Å²) in [5, 5.41) is 3.76. The van der Waals surface area contributed by atoms with Crippen LogP contribution in [0.1, 0.15) is 54.5 Å². The number of aryl methyl sites for hydroxylation is 3. The summed E-state index contributed by atoms with van der Waals surface area (Å²) in [7, 11) is 2.27. The van der Waals surface area contributed by atoms with Gasteiger partial charge in [-0.15, -0.1) is 0 Å². The Bertz CT molecular complexity index is 426. The molecule has 1 unspecified atom stereocenters. The van der Waals surface area contributed by atoms with Crippen molar-refractivity contribution in [2.75, 3.05) is 20.1 Å². The van der Waals surface area contributed by atoms with Gasteiger partial charge in [-0.05, 0) is 70.3 Å². The molecule has 1 aromatic carbocycles. The van der Waals surface area contributed by atoms with E-state index < -0.39 is 0 Å². The van der Waals surface area contributed by atoms with Gasteiger partial charge in [0.25, 0.3) is 0 Å². The normalized spacial score (nSPS) is 16.7. The van der Waals surface area contributed by atoms with Crippen LogP contribution in [0, 0.1) is 20.8 Å². The average molecular weight is 274 g/mol. The monoisotopic (exact) mass is 274 g/mol. The Morgan fingerprint density at radius 2 is 1.80 bits per heavy atom. The molecule has 0 spiro atoms. The van der Waals surface area contributed by atoms with Crippen LogP contribution in [-0.4, -0.2) is 31.1 Å². The fourth-order valence-electron chi connectivity index (χ4n) is 3.27. The summed E-state index contributed by atoms with van der Waals surface area (Å²) in [5.74, 6) is 0. The molecule has 0 heterocycles. The zero-order valence-corrected chi connectivity index (χ0v) is 13.8. The molecule has 1 aliphatic rings. The van der Waals surface area contributed by atoms with Crippen LogP contribution in [0.25, 0.3) is 0 Å². The van der Waals surface area contributed by atoms with Gasteiger partial charge in [0.15, 0.2) is 0 Å². The van der Waals surface area contributed by atoms with E-state index >= 15 is 0 Å². The highest BCUT2D eigenvalue weighted by molar-refractivity contribution is 5.40. The summed E-state index contributed by atoms with van der Waals surface area (Å²) in [6.07, 6.45) is 3.94. The van der Waals surface area contributed by atoms with Crippen LogP contribution in [0.4, 0.5) is 0 Å². The Morgan fingerprint density at radius 1 is 1.20 bits per heavy atom. The summed E-state index contributed by atoms with van der Waals surface area (Å²) in [6, 6.07) is 5.92. The summed E-state index contributed by atoms with van der Waals surface area (Å²) in [5.41, 5.74) is 5.74. The summed E-state index contributed by atoms with van der Waals surface area (Å²) in [6.45, 7) is 11.2. The summed E-state index contributed by atoms with van der Waals surface area (Å²) in [4.78, 5) is 2.53. The van der Waals surface area contributed by atoms with Crippen LogP contribution in [0.2, 0.25) is 0 Å². The largest absolute Gasteiger partial charge is 0.309 e. The fourth-order valence-corrected chi connectivity index (χ4v) is 3.27. The number of rotatable bonds is 7. The Hall–Kier alpha value is -0.860. The van der Waals surface area contributed by atoms with E-state index in [0.717, 1.165) is 19.1 Å². The van der Waals surface area contributed by atoms with Crippen LogP contribution < -0.4 is 5.32 Å². The van der Waals surface area contributed by atoms with E-state index in [2.05, 4.69) is 57.1 Å². The highest BCUT2D eigenvalue weighted by Crippen LogP contribution is 2.29. The predicted molar refractivity (Wildman–Crippen MR) is 87.3 cm³/mol. The van der Waals surface area contributed by atoms with E-state index in [9.17, 15) is 0 Å². The number of benzene rings is 1. The highest BCUT2D eigenvalue weighted by Gasteiger charge is 2.28. The van der Waals surface area contributed by atoms with Crippen molar-refractivity contribution in [3.05, 3.63) is 34.4 Å². The first-order chi connectivity index (χ1) is 9.52. The molecule has 2 rings (SSSR count). The molecule has 0 radical (unpaired) electrons. The molecule has 1 aliphatic carbocycles. The van der Waals surface area contributed by atoms with Crippen molar-refractivity contribution in [2.45, 2.75) is 59.0 Å². The van der Waals surface area contributed by atoms with Gasteiger partial charge in [-0.3, -0.25) is 0 Å². The van der Waals surface area contributed by atoms with Crippen molar-refractivity contribution in [1.82, 2.24) is 10.2 Å². The molecule has 2 heteroatoms. The van der Waals surface area contributed by atoms with E-state index in [1.807, 2.05) is 0 Å². The van der Waals surface area contributed by atoms with Crippen molar-refractivity contribution in [3.63, 3.8) is 0 Å². The Balaban J connectivity index is 2.20. The first-order valence-corrected chi connectivity index (χ1v) is 8.04. The lowest BCUT2D eigenvalue weighted by Gasteiger charge is -2.28. The minimum Gasteiger partial charge on any atom is -0.309 e. The maximum Gasteiger partial charge on any atom is 0.0454 e. The van der Waals surface area contributed by atoms with Gasteiger partial charge < -0.3 is 10.2 Å². The first-order valence-electron chi connectivity index (χ1n) is 8.04. The molecule has 0 saturated heterocycles. The molecule has 2 nitrogen and oxygen atoms in total.